The SMILES string of the molecule is Cc1ccc(CN2CCC3(CC(Nc4ncccn4)CO3)C2)o1. The maximum absolute atomic E-state index is 6.17. The first kappa shape index (κ1) is 14.7. The summed E-state index contributed by atoms with van der Waals surface area (Å²) in [4.78, 5) is 10.9. The van der Waals surface area contributed by atoms with Crippen LogP contribution in [0, 0.1) is 6.92 Å². The van der Waals surface area contributed by atoms with Crippen LogP contribution in [0.15, 0.2) is 35.0 Å². The topological polar surface area (TPSA) is 63.4 Å². The molecule has 2 fully saturated rings. The maximum atomic E-state index is 6.17. The second-order valence-electron chi connectivity index (χ2n) is 6.58. The van der Waals surface area contributed by atoms with Crippen molar-refractivity contribution in [3.05, 3.63) is 42.1 Å². The van der Waals surface area contributed by atoms with E-state index in [1.807, 2.05) is 19.1 Å². The summed E-state index contributed by atoms with van der Waals surface area (Å²) in [6.45, 7) is 5.57. The molecule has 0 radical (unpaired) electrons. The second kappa shape index (κ2) is 5.94. The van der Waals surface area contributed by atoms with Crippen LogP contribution in [0.2, 0.25) is 0 Å². The third-order valence-corrected chi connectivity index (χ3v) is 4.68. The van der Waals surface area contributed by atoms with Crippen molar-refractivity contribution in [1.29, 1.82) is 0 Å². The summed E-state index contributed by atoms with van der Waals surface area (Å²) in [7, 11) is 0. The summed E-state index contributed by atoms with van der Waals surface area (Å²) >= 11 is 0. The van der Waals surface area contributed by atoms with Crippen molar-refractivity contribution in [3.63, 3.8) is 0 Å². The van der Waals surface area contributed by atoms with Crippen LogP contribution in [-0.2, 0) is 11.3 Å². The molecule has 0 aliphatic carbocycles. The first-order valence-electron chi connectivity index (χ1n) is 8.16. The Kier molecular flexibility index (Phi) is 3.79. The molecular weight excluding hydrogens is 292 g/mol. The molecule has 6 nitrogen and oxygen atoms in total. The lowest BCUT2D eigenvalue weighted by Gasteiger charge is -2.23. The van der Waals surface area contributed by atoms with E-state index in [9.17, 15) is 0 Å². The number of nitrogens with zero attached hydrogens (tertiary/aromatic N) is 3. The van der Waals surface area contributed by atoms with Gasteiger partial charge in [-0.2, -0.15) is 0 Å². The molecule has 0 aromatic carbocycles. The zero-order valence-electron chi connectivity index (χ0n) is 13.4. The molecule has 122 valence electrons. The van der Waals surface area contributed by atoms with Crippen molar-refractivity contribution in [2.24, 2.45) is 0 Å². The second-order valence-corrected chi connectivity index (χ2v) is 6.58. The molecule has 6 heteroatoms. The maximum Gasteiger partial charge on any atom is 0.222 e. The van der Waals surface area contributed by atoms with E-state index in [4.69, 9.17) is 9.15 Å². The Morgan fingerprint density at radius 2 is 2.22 bits per heavy atom. The highest BCUT2D eigenvalue weighted by Crippen LogP contribution is 2.36. The van der Waals surface area contributed by atoms with Gasteiger partial charge in [0.1, 0.15) is 11.5 Å². The number of aromatic nitrogens is 2. The zero-order chi connectivity index (χ0) is 15.7. The van der Waals surface area contributed by atoms with Gasteiger partial charge < -0.3 is 14.5 Å². The Morgan fingerprint density at radius 1 is 1.35 bits per heavy atom. The molecule has 0 amide bonds. The lowest BCUT2D eigenvalue weighted by molar-refractivity contribution is 0.0115. The standard InChI is InChI=1S/C17H22N4O2/c1-13-3-4-15(23-13)10-21-8-5-17(12-21)9-14(11-22-17)20-16-18-6-2-7-19-16/h2-4,6-7,14H,5,8-12H2,1H3,(H,18,19,20). The predicted molar refractivity (Wildman–Crippen MR) is 86.1 cm³/mol. The van der Waals surface area contributed by atoms with E-state index in [0.29, 0.717) is 12.6 Å². The van der Waals surface area contributed by atoms with Crippen molar-refractivity contribution in [3.8, 4) is 0 Å². The van der Waals surface area contributed by atoms with E-state index < -0.39 is 0 Å². The van der Waals surface area contributed by atoms with Gasteiger partial charge in [-0.3, -0.25) is 4.90 Å². The molecule has 2 atom stereocenters. The van der Waals surface area contributed by atoms with Crippen molar-refractivity contribution in [1.82, 2.24) is 14.9 Å². The Hall–Kier alpha value is -1.92. The number of likely N-dealkylation sites (tertiary alicyclic amines) is 1. The van der Waals surface area contributed by atoms with Crippen molar-refractivity contribution in [2.75, 3.05) is 25.0 Å². The molecular formula is C17H22N4O2. The number of aryl methyl sites for hydroxylation is 1. The molecule has 2 aliphatic heterocycles. The van der Waals surface area contributed by atoms with E-state index in [-0.39, 0.29) is 11.6 Å². The Bertz CT molecular complexity index is 660. The average Bonchev–Trinajstić information content (AvgIpc) is 3.24. The van der Waals surface area contributed by atoms with Crippen LogP contribution in [0.25, 0.3) is 0 Å². The van der Waals surface area contributed by atoms with E-state index in [0.717, 1.165) is 44.0 Å². The van der Waals surface area contributed by atoms with Gasteiger partial charge in [0.05, 0.1) is 24.8 Å². The third kappa shape index (κ3) is 3.23. The molecule has 1 spiro atoms. The normalized spacial score (nSPS) is 27.8. The Morgan fingerprint density at radius 3 is 3.00 bits per heavy atom. The van der Waals surface area contributed by atoms with Crippen LogP contribution in [0.1, 0.15) is 24.4 Å². The molecule has 4 rings (SSSR count). The molecule has 2 aliphatic rings. The van der Waals surface area contributed by atoms with E-state index >= 15 is 0 Å². The smallest absolute Gasteiger partial charge is 0.222 e. The minimum absolute atomic E-state index is 0.0336. The van der Waals surface area contributed by atoms with Crippen LogP contribution >= 0.6 is 0 Å². The van der Waals surface area contributed by atoms with Gasteiger partial charge in [0.2, 0.25) is 5.95 Å². The van der Waals surface area contributed by atoms with Gasteiger partial charge in [-0.05, 0) is 31.5 Å². The fourth-order valence-corrected chi connectivity index (χ4v) is 3.63. The molecule has 23 heavy (non-hydrogen) atoms. The molecule has 2 saturated heterocycles. The Balaban J connectivity index is 1.34. The van der Waals surface area contributed by atoms with Gasteiger partial charge in [0, 0.05) is 31.9 Å². The third-order valence-electron chi connectivity index (χ3n) is 4.68. The lowest BCUT2D eigenvalue weighted by Crippen LogP contribution is -2.33. The number of rotatable bonds is 4. The number of hydrogen-bond acceptors (Lipinski definition) is 6. The molecule has 0 saturated carbocycles. The van der Waals surface area contributed by atoms with Gasteiger partial charge in [0.15, 0.2) is 0 Å². The number of anilines is 1. The van der Waals surface area contributed by atoms with Crippen LogP contribution in [-0.4, -0.2) is 46.2 Å². The van der Waals surface area contributed by atoms with Gasteiger partial charge in [-0.1, -0.05) is 0 Å². The van der Waals surface area contributed by atoms with E-state index in [1.54, 1.807) is 12.4 Å². The molecule has 4 heterocycles. The first-order valence-corrected chi connectivity index (χ1v) is 8.16. The highest BCUT2D eigenvalue weighted by atomic mass is 16.5. The zero-order valence-corrected chi connectivity index (χ0v) is 13.4. The summed E-state index contributed by atoms with van der Waals surface area (Å²) < 4.78 is 11.9. The highest BCUT2D eigenvalue weighted by molar-refractivity contribution is 5.25. The minimum atomic E-state index is -0.0336. The monoisotopic (exact) mass is 314 g/mol. The summed E-state index contributed by atoms with van der Waals surface area (Å²) in [6, 6.07) is 6.19. The van der Waals surface area contributed by atoms with Crippen molar-refractivity contribution in [2.45, 2.75) is 38.0 Å². The van der Waals surface area contributed by atoms with E-state index in [2.05, 4.69) is 26.3 Å². The van der Waals surface area contributed by atoms with Crippen LogP contribution in [0.5, 0.6) is 0 Å². The number of furan rings is 1. The summed E-state index contributed by atoms with van der Waals surface area (Å²) in [6.07, 6.45) is 5.58. The van der Waals surface area contributed by atoms with Gasteiger partial charge in [-0.15, -0.1) is 0 Å². The molecule has 2 unspecified atom stereocenters. The largest absolute Gasteiger partial charge is 0.465 e. The molecule has 2 aromatic rings. The first-order chi connectivity index (χ1) is 11.2. The minimum Gasteiger partial charge on any atom is -0.465 e. The van der Waals surface area contributed by atoms with E-state index in [1.165, 1.54) is 0 Å². The van der Waals surface area contributed by atoms with Gasteiger partial charge >= 0.3 is 0 Å². The predicted octanol–water partition coefficient (Wildman–Crippen LogP) is 2.22. The van der Waals surface area contributed by atoms with Crippen molar-refractivity contribution < 1.29 is 9.15 Å². The van der Waals surface area contributed by atoms with Gasteiger partial charge in [-0.25, -0.2) is 9.97 Å². The fraction of sp³-hybridized carbons (Fsp3) is 0.529. The van der Waals surface area contributed by atoms with Crippen LogP contribution in [0.3, 0.4) is 0 Å². The quantitative estimate of drug-likeness (QED) is 0.933. The molecule has 2 aromatic heterocycles. The number of nitrogens with one attached hydrogen (secondary N) is 1. The fourth-order valence-electron chi connectivity index (χ4n) is 3.63. The Labute approximate surface area is 135 Å². The number of hydrogen-bond donors (Lipinski definition) is 1. The average molecular weight is 314 g/mol. The van der Waals surface area contributed by atoms with Crippen LogP contribution < -0.4 is 5.32 Å². The lowest BCUT2D eigenvalue weighted by atomic mass is 9.97. The van der Waals surface area contributed by atoms with Gasteiger partial charge in [0.25, 0.3) is 0 Å². The summed E-state index contributed by atoms with van der Waals surface area (Å²) in [5, 5.41) is 3.38. The summed E-state index contributed by atoms with van der Waals surface area (Å²) in [5.74, 6) is 2.68. The highest BCUT2D eigenvalue weighted by Gasteiger charge is 2.45. The number of ether oxygens (including phenoxy) is 1. The molecule has 0 bridgehead atoms. The van der Waals surface area contributed by atoms with Crippen molar-refractivity contribution >= 4 is 5.95 Å². The summed E-state index contributed by atoms with van der Waals surface area (Å²) in [5.41, 5.74) is -0.0336. The van der Waals surface area contributed by atoms with Crippen LogP contribution in [0.4, 0.5) is 5.95 Å². The molecule has 1 N–H and O–H groups in total.